The highest BCUT2D eigenvalue weighted by Gasteiger charge is 2.04. The molecule has 3 nitrogen and oxygen atoms in total. The molecule has 0 spiro atoms. The minimum atomic E-state index is -0.996. The molecule has 0 aromatic heterocycles. The summed E-state index contributed by atoms with van der Waals surface area (Å²) in [6.07, 6.45) is 2.60. The van der Waals surface area contributed by atoms with Crippen LogP contribution >= 0.6 is 11.6 Å². The Kier molecular flexibility index (Phi) is 4.43. The van der Waals surface area contributed by atoms with E-state index in [0.29, 0.717) is 22.1 Å². The van der Waals surface area contributed by atoms with Crippen molar-refractivity contribution in [3.63, 3.8) is 0 Å². The molecule has 0 aliphatic heterocycles. The number of halogens is 1. The molecule has 0 saturated carbocycles. The number of ether oxygens (including phenoxy) is 1. The van der Waals surface area contributed by atoms with Crippen molar-refractivity contribution in [3.05, 3.63) is 64.7 Å². The number of hydrogen-bond acceptors (Lipinski definition) is 2. The molecule has 2 rings (SSSR count). The van der Waals surface area contributed by atoms with Gasteiger partial charge in [-0.2, -0.15) is 0 Å². The van der Waals surface area contributed by atoms with Gasteiger partial charge in [-0.25, -0.2) is 4.79 Å². The van der Waals surface area contributed by atoms with Gasteiger partial charge in [-0.3, -0.25) is 0 Å². The van der Waals surface area contributed by atoms with Crippen LogP contribution in [0.2, 0.25) is 5.02 Å². The minimum absolute atomic E-state index is 0.593. The molecule has 0 radical (unpaired) electrons. The van der Waals surface area contributed by atoms with Gasteiger partial charge < -0.3 is 9.84 Å². The molecule has 1 N–H and O–H groups in total. The Hall–Kier alpha value is -2.26. The van der Waals surface area contributed by atoms with Gasteiger partial charge in [0.1, 0.15) is 11.5 Å². The Labute approximate surface area is 122 Å². The molecular formula is C16H13ClO3. The molecule has 0 unspecified atom stereocenters. The number of carboxylic acid groups (broad SMARTS) is 1. The maximum absolute atomic E-state index is 10.6. The summed E-state index contributed by atoms with van der Waals surface area (Å²) in [6.45, 7) is 1.93. The van der Waals surface area contributed by atoms with Gasteiger partial charge in [0.25, 0.3) is 0 Å². The van der Waals surface area contributed by atoms with E-state index in [-0.39, 0.29) is 0 Å². The second kappa shape index (κ2) is 6.26. The summed E-state index contributed by atoms with van der Waals surface area (Å²) in [7, 11) is 0. The largest absolute Gasteiger partial charge is 0.478 e. The van der Waals surface area contributed by atoms with E-state index < -0.39 is 5.97 Å². The molecule has 4 heteroatoms. The summed E-state index contributed by atoms with van der Waals surface area (Å²) in [5.41, 5.74) is 1.74. The highest BCUT2D eigenvalue weighted by atomic mass is 35.5. The number of carbonyl (C=O) groups is 1. The second-order valence-electron chi connectivity index (χ2n) is 4.27. The zero-order valence-corrected chi connectivity index (χ0v) is 11.6. The lowest BCUT2D eigenvalue weighted by Gasteiger charge is -2.09. The first-order valence-electron chi connectivity index (χ1n) is 6.00. The summed E-state index contributed by atoms with van der Waals surface area (Å²) in [5, 5.41) is 9.34. The Morgan fingerprint density at radius 3 is 2.55 bits per heavy atom. The highest BCUT2D eigenvalue weighted by Crippen LogP contribution is 2.28. The number of hydrogen-bond donors (Lipinski definition) is 1. The lowest BCUT2D eigenvalue weighted by molar-refractivity contribution is -0.131. The summed E-state index contributed by atoms with van der Waals surface area (Å²) < 4.78 is 5.75. The maximum atomic E-state index is 10.6. The molecule has 102 valence electrons. The van der Waals surface area contributed by atoms with E-state index in [2.05, 4.69) is 0 Å². The Balaban J connectivity index is 2.30. The monoisotopic (exact) mass is 288 g/mol. The molecule has 0 atom stereocenters. The summed E-state index contributed by atoms with van der Waals surface area (Å²) in [6, 6.07) is 12.6. The van der Waals surface area contributed by atoms with E-state index >= 15 is 0 Å². The minimum Gasteiger partial charge on any atom is -0.478 e. The third-order valence-electron chi connectivity index (χ3n) is 2.61. The molecule has 0 aliphatic rings. The zero-order valence-electron chi connectivity index (χ0n) is 10.8. The first-order chi connectivity index (χ1) is 9.54. The standard InChI is InChI=1S/C16H13ClO3/c1-11-2-8-15(12(10-11)3-9-16(18)19)20-14-6-4-13(17)5-7-14/h2-10H,1H3,(H,18,19)/b9-3+. The first kappa shape index (κ1) is 14.2. The van der Waals surface area contributed by atoms with E-state index in [1.165, 1.54) is 6.08 Å². The molecular weight excluding hydrogens is 276 g/mol. The Morgan fingerprint density at radius 1 is 1.20 bits per heavy atom. The third-order valence-corrected chi connectivity index (χ3v) is 2.86. The third kappa shape index (κ3) is 3.87. The zero-order chi connectivity index (χ0) is 14.5. The van der Waals surface area contributed by atoms with Crippen LogP contribution in [-0.2, 0) is 4.79 Å². The second-order valence-corrected chi connectivity index (χ2v) is 4.71. The van der Waals surface area contributed by atoms with Crippen molar-refractivity contribution < 1.29 is 14.6 Å². The number of benzene rings is 2. The van der Waals surface area contributed by atoms with Crippen LogP contribution in [0.15, 0.2) is 48.5 Å². The van der Waals surface area contributed by atoms with Crippen LogP contribution in [0.25, 0.3) is 6.08 Å². The van der Waals surface area contributed by atoms with Gasteiger partial charge in [-0.15, -0.1) is 0 Å². The van der Waals surface area contributed by atoms with E-state index in [1.54, 1.807) is 24.3 Å². The van der Waals surface area contributed by atoms with Crippen molar-refractivity contribution in [1.29, 1.82) is 0 Å². The van der Waals surface area contributed by atoms with E-state index in [4.69, 9.17) is 21.4 Å². The summed E-state index contributed by atoms with van der Waals surface area (Å²) in [4.78, 5) is 10.6. The molecule has 0 saturated heterocycles. The SMILES string of the molecule is Cc1ccc(Oc2ccc(Cl)cc2)c(/C=C/C(=O)O)c1. The smallest absolute Gasteiger partial charge is 0.328 e. The lowest BCUT2D eigenvalue weighted by Crippen LogP contribution is -1.90. The predicted molar refractivity (Wildman–Crippen MR) is 79.4 cm³/mol. The average Bonchev–Trinajstić information content (AvgIpc) is 2.41. The lowest BCUT2D eigenvalue weighted by atomic mass is 10.1. The van der Waals surface area contributed by atoms with Crippen LogP contribution in [0.1, 0.15) is 11.1 Å². The van der Waals surface area contributed by atoms with Gasteiger partial charge >= 0.3 is 5.97 Å². The summed E-state index contributed by atoms with van der Waals surface area (Å²) >= 11 is 5.82. The molecule has 0 aliphatic carbocycles. The highest BCUT2D eigenvalue weighted by molar-refractivity contribution is 6.30. The van der Waals surface area contributed by atoms with E-state index in [1.807, 2.05) is 25.1 Å². The molecule has 0 heterocycles. The number of aryl methyl sites for hydroxylation is 1. The van der Waals surface area contributed by atoms with Gasteiger partial charge in [0.15, 0.2) is 0 Å². The molecule has 0 bridgehead atoms. The fourth-order valence-electron chi connectivity index (χ4n) is 1.68. The van der Waals surface area contributed by atoms with Crippen molar-refractivity contribution in [2.24, 2.45) is 0 Å². The van der Waals surface area contributed by atoms with E-state index in [9.17, 15) is 4.79 Å². The summed E-state index contributed by atoms with van der Waals surface area (Å²) in [5.74, 6) is 0.239. The van der Waals surface area contributed by atoms with Crippen LogP contribution in [0.4, 0.5) is 0 Å². The van der Waals surface area contributed by atoms with Crippen LogP contribution < -0.4 is 4.74 Å². The fourth-order valence-corrected chi connectivity index (χ4v) is 1.81. The normalized spacial score (nSPS) is 10.7. The quantitative estimate of drug-likeness (QED) is 0.840. The van der Waals surface area contributed by atoms with Crippen molar-refractivity contribution in [2.75, 3.05) is 0 Å². The average molecular weight is 289 g/mol. The van der Waals surface area contributed by atoms with Gasteiger partial charge in [0.05, 0.1) is 0 Å². The van der Waals surface area contributed by atoms with Crippen LogP contribution in [-0.4, -0.2) is 11.1 Å². The van der Waals surface area contributed by atoms with Crippen LogP contribution in [0.3, 0.4) is 0 Å². The molecule has 2 aromatic carbocycles. The van der Waals surface area contributed by atoms with Crippen molar-refractivity contribution in [2.45, 2.75) is 6.92 Å². The van der Waals surface area contributed by atoms with Crippen molar-refractivity contribution in [3.8, 4) is 11.5 Å². The predicted octanol–water partition coefficient (Wildman–Crippen LogP) is 4.54. The fraction of sp³-hybridized carbons (Fsp3) is 0.0625. The number of rotatable bonds is 4. The topological polar surface area (TPSA) is 46.5 Å². The van der Waals surface area contributed by atoms with Crippen LogP contribution in [0.5, 0.6) is 11.5 Å². The maximum Gasteiger partial charge on any atom is 0.328 e. The van der Waals surface area contributed by atoms with Crippen LogP contribution in [0, 0.1) is 6.92 Å². The Morgan fingerprint density at radius 2 is 1.90 bits per heavy atom. The number of aliphatic carboxylic acids is 1. The molecule has 0 fully saturated rings. The van der Waals surface area contributed by atoms with Gasteiger partial charge in [0.2, 0.25) is 0 Å². The first-order valence-corrected chi connectivity index (χ1v) is 6.37. The van der Waals surface area contributed by atoms with Gasteiger partial charge in [-0.05, 0) is 49.4 Å². The van der Waals surface area contributed by atoms with Crippen molar-refractivity contribution >= 4 is 23.6 Å². The molecule has 0 amide bonds. The Bertz CT molecular complexity index is 645. The number of carboxylic acids is 1. The van der Waals surface area contributed by atoms with Crippen molar-refractivity contribution in [1.82, 2.24) is 0 Å². The molecule has 2 aromatic rings. The van der Waals surface area contributed by atoms with Gasteiger partial charge in [-0.1, -0.05) is 23.2 Å². The molecule has 20 heavy (non-hydrogen) atoms. The van der Waals surface area contributed by atoms with E-state index in [0.717, 1.165) is 11.6 Å². The van der Waals surface area contributed by atoms with Gasteiger partial charge in [0, 0.05) is 16.7 Å².